The molecule has 0 spiro atoms. The highest BCUT2D eigenvalue weighted by molar-refractivity contribution is 6.05. The first-order valence-electron chi connectivity index (χ1n) is 6.89. The number of aromatic nitrogens is 2. The predicted octanol–water partition coefficient (Wildman–Crippen LogP) is -0.183. The molecular weight excluding hydrogens is 286 g/mol. The number of aliphatic carboxylic acids is 1. The molecule has 7 nitrogen and oxygen atoms in total. The van der Waals surface area contributed by atoms with Crippen molar-refractivity contribution in [2.24, 2.45) is 5.92 Å². The van der Waals surface area contributed by atoms with Gasteiger partial charge in [-0.2, -0.15) is 5.10 Å². The van der Waals surface area contributed by atoms with Crippen molar-refractivity contribution in [2.45, 2.75) is 26.3 Å². The highest BCUT2D eigenvalue weighted by atomic mass is 16.4. The van der Waals surface area contributed by atoms with E-state index >= 15 is 0 Å². The molecule has 7 heteroatoms. The lowest BCUT2D eigenvalue weighted by Gasteiger charge is -2.21. The summed E-state index contributed by atoms with van der Waals surface area (Å²) in [7, 11) is 0. The number of nitrogens with one attached hydrogen (secondary N) is 2. The molecule has 0 radical (unpaired) electrons. The van der Waals surface area contributed by atoms with E-state index in [1.54, 1.807) is 24.3 Å². The van der Waals surface area contributed by atoms with Crippen LogP contribution in [0.15, 0.2) is 29.1 Å². The van der Waals surface area contributed by atoms with Gasteiger partial charge in [0.1, 0.15) is 0 Å². The summed E-state index contributed by atoms with van der Waals surface area (Å²) in [4.78, 5) is 35.1. The summed E-state index contributed by atoms with van der Waals surface area (Å²) in [5.41, 5.74) is -0.434. The third-order valence-corrected chi connectivity index (χ3v) is 3.21. The molecule has 1 aromatic carbocycles. The molecule has 0 fully saturated rings. The maximum atomic E-state index is 12.3. The molecule has 0 unspecified atom stereocenters. The quantitative estimate of drug-likeness (QED) is 0.795. The third-order valence-electron chi connectivity index (χ3n) is 3.21. The molecular formula is C15H16N3O4-. The van der Waals surface area contributed by atoms with Crippen LogP contribution in [0.2, 0.25) is 0 Å². The molecule has 0 aliphatic rings. The summed E-state index contributed by atoms with van der Waals surface area (Å²) in [5.74, 6) is -1.94. The molecule has 1 amide bonds. The zero-order valence-corrected chi connectivity index (χ0v) is 12.3. The standard InChI is InChI=1S/C15H17N3O4/c1-8(2)7-11(15(21)22)16-14(20)12-9-5-3-4-6-10(9)13(19)18-17-12/h3-6,8,11H,7H2,1-2H3,(H,16,20)(H,18,19)(H,21,22)/p-1/t11-/m1/s1. The average molecular weight is 302 g/mol. The maximum Gasteiger partial charge on any atom is 0.272 e. The molecule has 22 heavy (non-hydrogen) atoms. The lowest BCUT2D eigenvalue weighted by Crippen LogP contribution is -2.48. The number of aromatic amines is 1. The van der Waals surface area contributed by atoms with Gasteiger partial charge in [0.25, 0.3) is 11.5 Å². The molecule has 1 aromatic heterocycles. The van der Waals surface area contributed by atoms with Crippen LogP contribution >= 0.6 is 0 Å². The van der Waals surface area contributed by atoms with Crippen molar-refractivity contribution in [1.29, 1.82) is 0 Å². The zero-order valence-electron chi connectivity index (χ0n) is 12.3. The summed E-state index contributed by atoms with van der Waals surface area (Å²) in [6, 6.07) is 5.38. The van der Waals surface area contributed by atoms with E-state index in [2.05, 4.69) is 15.5 Å². The summed E-state index contributed by atoms with van der Waals surface area (Å²) in [6.45, 7) is 3.69. The fraction of sp³-hybridized carbons (Fsp3) is 0.333. The molecule has 1 atom stereocenters. The summed E-state index contributed by atoms with van der Waals surface area (Å²) < 4.78 is 0. The Morgan fingerprint density at radius 1 is 1.27 bits per heavy atom. The number of benzene rings is 1. The first-order valence-corrected chi connectivity index (χ1v) is 6.89. The van der Waals surface area contributed by atoms with Crippen LogP contribution in [0.5, 0.6) is 0 Å². The SMILES string of the molecule is CC(C)C[C@@H](NC(=O)c1n[nH]c(=O)c2ccccc12)C(=O)[O-]. The van der Waals surface area contributed by atoms with Crippen molar-refractivity contribution in [2.75, 3.05) is 0 Å². The fourth-order valence-electron chi connectivity index (χ4n) is 2.20. The molecule has 0 bridgehead atoms. The van der Waals surface area contributed by atoms with Crippen molar-refractivity contribution in [3.63, 3.8) is 0 Å². The minimum absolute atomic E-state index is 0.0230. The van der Waals surface area contributed by atoms with Crippen molar-refractivity contribution in [1.82, 2.24) is 15.5 Å². The predicted molar refractivity (Wildman–Crippen MR) is 78.1 cm³/mol. The van der Waals surface area contributed by atoms with Gasteiger partial charge < -0.3 is 15.2 Å². The average Bonchev–Trinajstić information content (AvgIpc) is 2.46. The van der Waals surface area contributed by atoms with Crippen LogP contribution in [0, 0.1) is 5.92 Å². The van der Waals surface area contributed by atoms with Gasteiger partial charge in [-0.05, 0) is 18.4 Å². The second-order valence-corrected chi connectivity index (χ2v) is 5.42. The first-order chi connectivity index (χ1) is 10.4. The Morgan fingerprint density at radius 2 is 1.91 bits per heavy atom. The van der Waals surface area contributed by atoms with Gasteiger partial charge >= 0.3 is 0 Å². The normalized spacial score (nSPS) is 12.3. The molecule has 0 saturated carbocycles. The minimum Gasteiger partial charge on any atom is -0.548 e. The van der Waals surface area contributed by atoms with E-state index in [0.29, 0.717) is 10.8 Å². The molecule has 2 N–H and O–H groups in total. The smallest absolute Gasteiger partial charge is 0.272 e. The topological polar surface area (TPSA) is 115 Å². The number of carbonyl (C=O) groups excluding carboxylic acids is 2. The molecule has 0 aliphatic heterocycles. The summed E-state index contributed by atoms with van der Waals surface area (Å²) in [6.07, 6.45) is 0.245. The largest absolute Gasteiger partial charge is 0.548 e. The second-order valence-electron chi connectivity index (χ2n) is 5.42. The number of fused-ring (bicyclic) bond motifs is 1. The van der Waals surface area contributed by atoms with E-state index in [4.69, 9.17) is 0 Å². The lowest BCUT2D eigenvalue weighted by atomic mass is 10.0. The van der Waals surface area contributed by atoms with E-state index in [1.165, 1.54) is 0 Å². The third kappa shape index (κ3) is 3.30. The van der Waals surface area contributed by atoms with Crippen LogP contribution in [0.3, 0.4) is 0 Å². The first kappa shape index (κ1) is 15.7. The van der Waals surface area contributed by atoms with Crippen LogP contribution < -0.4 is 16.0 Å². The molecule has 0 saturated heterocycles. The number of nitrogens with zero attached hydrogens (tertiary/aromatic N) is 1. The number of H-pyrrole nitrogens is 1. The molecule has 2 aromatic rings. The van der Waals surface area contributed by atoms with E-state index in [9.17, 15) is 19.5 Å². The maximum absolute atomic E-state index is 12.3. The van der Waals surface area contributed by atoms with Gasteiger partial charge in [-0.15, -0.1) is 0 Å². The van der Waals surface area contributed by atoms with Gasteiger partial charge in [0.2, 0.25) is 0 Å². The molecule has 116 valence electrons. The van der Waals surface area contributed by atoms with Crippen LogP contribution in [0.1, 0.15) is 30.8 Å². The number of rotatable bonds is 5. The van der Waals surface area contributed by atoms with Gasteiger partial charge in [0.05, 0.1) is 17.4 Å². The van der Waals surface area contributed by atoms with Crippen LogP contribution in [-0.4, -0.2) is 28.1 Å². The van der Waals surface area contributed by atoms with E-state index in [1.807, 2.05) is 13.8 Å². The lowest BCUT2D eigenvalue weighted by molar-refractivity contribution is -0.308. The van der Waals surface area contributed by atoms with Crippen LogP contribution in [0.25, 0.3) is 10.8 Å². The Balaban J connectivity index is 2.36. The van der Waals surface area contributed by atoms with Gasteiger partial charge in [-0.25, -0.2) is 5.10 Å². The summed E-state index contributed by atoms with van der Waals surface area (Å²) in [5, 5.41) is 20.2. The molecule has 2 rings (SSSR count). The van der Waals surface area contributed by atoms with Crippen molar-refractivity contribution in [3.05, 3.63) is 40.3 Å². The number of carboxylic acids is 1. The fourth-order valence-corrected chi connectivity index (χ4v) is 2.20. The zero-order chi connectivity index (χ0) is 16.3. The Morgan fingerprint density at radius 3 is 2.50 bits per heavy atom. The highest BCUT2D eigenvalue weighted by Crippen LogP contribution is 2.13. The van der Waals surface area contributed by atoms with Gasteiger partial charge in [0, 0.05) is 5.39 Å². The van der Waals surface area contributed by atoms with Crippen LogP contribution in [-0.2, 0) is 4.79 Å². The number of amides is 1. The van der Waals surface area contributed by atoms with Gasteiger partial charge in [-0.3, -0.25) is 9.59 Å². The van der Waals surface area contributed by atoms with Gasteiger partial charge in [0.15, 0.2) is 5.69 Å². The number of carboxylic acid groups (broad SMARTS) is 1. The van der Waals surface area contributed by atoms with Crippen molar-refractivity contribution >= 4 is 22.6 Å². The molecule has 0 aliphatic carbocycles. The Bertz CT molecular complexity index is 767. The number of carbonyl (C=O) groups is 2. The van der Waals surface area contributed by atoms with E-state index in [-0.39, 0.29) is 18.0 Å². The van der Waals surface area contributed by atoms with Crippen LogP contribution in [0.4, 0.5) is 0 Å². The van der Waals surface area contributed by atoms with Crippen molar-refractivity contribution in [3.8, 4) is 0 Å². The Labute approximate surface area is 126 Å². The monoisotopic (exact) mass is 302 g/mol. The second kappa shape index (κ2) is 6.38. The number of hydrogen-bond acceptors (Lipinski definition) is 5. The van der Waals surface area contributed by atoms with Gasteiger partial charge in [-0.1, -0.05) is 32.0 Å². The Kier molecular flexibility index (Phi) is 4.55. The highest BCUT2D eigenvalue weighted by Gasteiger charge is 2.19. The van der Waals surface area contributed by atoms with E-state index < -0.39 is 23.5 Å². The minimum atomic E-state index is -1.35. The Hall–Kier alpha value is -2.70. The molecule has 1 heterocycles. The van der Waals surface area contributed by atoms with Crippen molar-refractivity contribution < 1.29 is 14.7 Å². The van der Waals surface area contributed by atoms with E-state index in [0.717, 1.165) is 0 Å². The summed E-state index contributed by atoms with van der Waals surface area (Å²) >= 11 is 0. The number of hydrogen-bond donors (Lipinski definition) is 2.